The minimum atomic E-state index is -0.0921. The number of carbonyl (C=O) groups excluding carboxylic acids is 2. The van der Waals surface area contributed by atoms with Crippen molar-refractivity contribution < 1.29 is 9.59 Å². The van der Waals surface area contributed by atoms with Crippen molar-refractivity contribution in [2.45, 2.75) is 32.1 Å². The maximum absolute atomic E-state index is 12.6. The molecule has 0 aliphatic carbocycles. The third-order valence-corrected chi connectivity index (χ3v) is 4.16. The zero-order chi connectivity index (χ0) is 15.2. The molecule has 1 heterocycles. The second-order valence-corrected chi connectivity index (χ2v) is 5.62. The topological polar surface area (TPSA) is 40.6 Å². The van der Waals surface area contributed by atoms with Gasteiger partial charge >= 0.3 is 0 Å². The molecule has 4 heteroatoms. The van der Waals surface area contributed by atoms with Gasteiger partial charge in [0.15, 0.2) is 0 Å². The predicted molar refractivity (Wildman–Crippen MR) is 82.9 cm³/mol. The van der Waals surface area contributed by atoms with Crippen molar-refractivity contribution in [3.63, 3.8) is 0 Å². The summed E-state index contributed by atoms with van der Waals surface area (Å²) in [7, 11) is 1.83. The van der Waals surface area contributed by atoms with Crippen LogP contribution >= 0.6 is 0 Å². The zero-order valence-corrected chi connectivity index (χ0v) is 12.9. The molecule has 0 bridgehead atoms. The fourth-order valence-electron chi connectivity index (χ4n) is 2.83. The van der Waals surface area contributed by atoms with Gasteiger partial charge in [-0.3, -0.25) is 9.59 Å². The van der Waals surface area contributed by atoms with Gasteiger partial charge < -0.3 is 9.80 Å². The van der Waals surface area contributed by atoms with Crippen molar-refractivity contribution in [2.75, 3.05) is 26.7 Å². The van der Waals surface area contributed by atoms with Gasteiger partial charge in [-0.15, -0.1) is 0 Å². The predicted octanol–water partition coefficient (Wildman–Crippen LogP) is 2.26. The lowest BCUT2D eigenvalue weighted by Crippen LogP contribution is -2.38. The van der Waals surface area contributed by atoms with Gasteiger partial charge in [0.2, 0.25) is 11.8 Å². The van der Waals surface area contributed by atoms with Crippen LogP contribution in [0, 0.1) is 0 Å². The van der Waals surface area contributed by atoms with Crippen LogP contribution in [0.4, 0.5) is 0 Å². The maximum atomic E-state index is 12.6. The van der Waals surface area contributed by atoms with Gasteiger partial charge in [-0.25, -0.2) is 0 Å². The number of likely N-dealkylation sites (N-methyl/N-ethyl adjacent to an activating group) is 1. The number of likely N-dealkylation sites (tertiary alicyclic amines) is 1. The molecule has 0 N–H and O–H groups in total. The third kappa shape index (κ3) is 3.84. The minimum absolute atomic E-state index is 0.0921. The van der Waals surface area contributed by atoms with Gasteiger partial charge in [-0.05, 0) is 18.4 Å². The van der Waals surface area contributed by atoms with Crippen LogP contribution in [0.5, 0.6) is 0 Å². The molecule has 21 heavy (non-hydrogen) atoms. The van der Waals surface area contributed by atoms with Crippen LogP contribution in [0.3, 0.4) is 0 Å². The van der Waals surface area contributed by atoms with Crippen molar-refractivity contribution in [1.29, 1.82) is 0 Å². The summed E-state index contributed by atoms with van der Waals surface area (Å²) >= 11 is 0. The highest BCUT2D eigenvalue weighted by Gasteiger charge is 2.24. The Bertz CT molecular complexity index is 487. The molecule has 2 amide bonds. The molecule has 1 fully saturated rings. The Balaban J connectivity index is 1.92. The van der Waals surface area contributed by atoms with Gasteiger partial charge in [-0.2, -0.15) is 0 Å². The summed E-state index contributed by atoms with van der Waals surface area (Å²) in [6.45, 7) is 4.12. The molecular formula is C17H24N2O2. The Labute approximate surface area is 126 Å². The second-order valence-electron chi connectivity index (χ2n) is 5.62. The number of hydrogen-bond donors (Lipinski definition) is 0. The molecule has 0 aromatic heterocycles. The Morgan fingerprint density at radius 1 is 1.33 bits per heavy atom. The summed E-state index contributed by atoms with van der Waals surface area (Å²) < 4.78 is 0. The Kier molecular flexibility index (Phi) is 5.37. The standard InChI is InChI=1S/C17H24N2O2/c1-3-15(14-8-5-4-6-9-14)17(21)18(2)12-13-19-11-7-10-16(19)20/h4-6,8-9,15H,3,7,10-13H2,1-2H3. The molecule has 1 unspecified atom stereocenters. The summed E-state index contributed by atoms with van der Waals surface area (Å²) in [4.78, 5) is 27.8. The monoisotopic (exact) mass is 288 g/mol. The SMILES string of the molecule is CCC(C(=O)N(C)CCN1CCCC1=O)c1ccccc1. The van der Waals surface area contributed by atoms with Crippen LogP contribution in [0.25, 0.3) is 0 Å². The number of amides is 2. The lowest BCUT2D eigenvalue weighted by molar-refractivity contribution is -0.133. The van der Waals surface area contributed by atoms with Crippen LogP contribution in [-0.2, 0) is 9.59 Å². The molecule has 4 nitrogen and oxygen atoms in total. The van der Waals surface area contributed by atoms with Crippen molar-refractivity contribution in [3.8, 4) is 0 Å². The lowest BCUT2D eigenvalue weighted by atomic mass is 9.95. The van der Waals surface area contributed by atoms with Crippen molar-refractivity contribution in [3.05, 3.63) is 35.9 Å². The van der Waals surface area contributed by atoms with Crippen LogP contribution in [0.2, 0.25) is 0 Å². The van der Waals surface area contributed by atoms with Gasteiger partial charge in [0.1, 0.15) is 0 Å². The van der Waals surface area contributed by atoms with Gasteiger partial charge in [0, 0.05) is 33.1 Å². The van der Waals surface area contributed by atoms with Crippen LogP contribution in [0.15, 0.2) is 30.3 Å². The lowest BCUT2D eigenvalue weighted by Gasteiger charge is -2.25. The number of nitrogens with zero attached hydrogens (tertiary/aromatic N) is 2. The Morgan fingerprint density at radius 3 is 2.62 bits per heavy atom. The average Bonchev–Trinajstić information content (AvgIpc) is 2.92. The molecule has 1 atom stereocenters. The van der Waals surface area contributed by atoms with E-state index < -0.39 is 0 Å². The summed E-state index contributed by atoms with van der Waals surface area (Å²) in [6, 6.07) is 9.90. The van der Waals surface area contributed by atoms with E-state index in [-0.39, 0.29) is 17.7 Å². The highest BCUT2D eigenvalue weighted by atomic mass is 16.2. The van der Waals surface area contributed by atoms with E-state index in [2.05, 4.69) is 0 Å². The summed E-state index contributed by atoms with van der Waals surface area (Å²) in [6.07, 6.45) is 2.38. The van der Waals surface area contributed by atoms with E-state index in [1.165, 1.54) is 0 Å². The summed E-state index contributed by atoms with van der Waals surface area (Å²) in [5.74, 6) is 0.256. The molecule has 0 radical (unpaired) electrons. The van der Waals surface area contributed by atoms with Crippen molar-refractivity contribution in [1.82, 2.24) is 9.80 Å². The van der Waals surface area contributed by atoms with E-state index >= 15 is 0 Å². The zero-order valence-electron chi connectivity index (χ0n) is 12.9. The molecule has 1 aliphatic heterocycles. The van der Waals surface area contributed by atoms with Gasteiger partial charge in [-0.1, -0.05) is 37.3 Å². The minimum Gasteiger partial charge on any atom is -0.343 e. The molecule has 1 saturated heterocycles. The van der Waals surface area contributed by atoms with Crippen LogP contribution in [-0.4, -0.2) is 48.3 Å². The third-order valence-electron chi connectivity index (χ3n) is 4.16. The largest absolute Gasteiger partial charge is 0.343 e. The highest BCUT2D eigenvalue weighted by molar-refractivity contribution is 5.83. The first-order chi connectivity index (χ1) is 10.1. The van der Waals surface area contributed by atoms with E-state index in [1.807, 2.05) is 49.2 Å². The fourth-order valence-corrected chi connectivity index (χ4v) is 2.83. The number of benzene rings is 1. The molecule has 114 valence electrons. The van der Waals surface area contributed by atoms with E-state index in [4.69, 9.17) is 0 Å². The average molecular weight is 288 g/mol. The van der Waals surface area contributed by atoms with E-state index in [9.17, 15) is 9.59 Å². The van der Waals surface area contributed by atoms with E-state index in [0.29, 0.717) is 19.5 Å². The number of carbonyl (C=O) groups is 2. The summed E-state index contributed by atoms with van der Waals surface area (Å²) in [5.41, 5.74) is 1.06. The van der Waals surface area contributed by atoms with Crippen molar-refractivity contribution in [2.24, 2.45) is 0 Å². The number of hydrogen-bond acceptors (Lipinski definition) is 2. The normalized spacial score (nSPS) is 16.1. The van der Waals surface area contributed by atoms with Crippen molar-refractivity contribution >= 4 is 11.8 Å². The molecular weight excluding hydrogens is 264 g/mol. The molecule has 1 aromatic rings. The van der Waals surface area contributed by atoms with Gasteiger partial charge in [0.05, 0.1) is 5.92 Å². The smallest absolute Gasteiger partial charge is 0.229 e. The fraction of sp³-hybridized carbons (Fsp3) is 0.529. The number of rotatable bonds is 6. The van der Waals surface area contributed by atoms with E-state index in [0.717, 1.165) is 24.9 Å². The molecule has 2 rings (SSSR count). The molecule has 0 saturated carbocycles. The molecule has 1 aliphatic rings. The van der Waals surface area contributed by atoms with Crippen LogP contribution in [0.1, 0.15) is 37.7 Å². The quantitative estimate of drug-likeness (QED) is 0.805. The second kappa shape index (κ2) is 7.25. The summed E-state index contributed by atoms with van der Waals surface area (Å²) in [5, 5.41) is 0. The van der Waals surface area contributed by atoms with Crippen LogP contribution < -0.4 is 0 Å². The molecule has 1 aromatic carbocycles. The first-order valence-corrected chi connectivity index (χ1v) is 7.71. The molecule has 0 spiro atoms. The first kappa shape index (κ1) is 15.5. The van der Waals surface area contributed by atoms with E-state index in [1.54, 1.807) is 4.90 Å². The highest BCUT2D eigenvalue weighted by Crippen LogP contribution is 2.21. The first-order valence-electron chi connectivity index (χ1n) is 7.71. The van der Waals surface area contributed by atoms with Gasteiger partial charge in [0.25, 0.3) is 0 Å². The Hall–Kier alpha value is -1.84. The maximum Gasteiger partial charge on any atom is 0.229 e. The Morgan fingerprint density at radius 2 is 2.05 bits per heavy atom.